The molecule has 4 N–H and O–H groups in total. The summed E-state index contributed by atoms with van der Waals surface area (Å²) in [5.41, 5.74) is 16.1. The highest BCUT2D eigenvalue weighted by Crippen LogP contribution is 2.39. The van der Waals surface area contributed by atoms with E-state index in [0.29, 0.717) is 16.3 Å². The Bertz CT molecular complexity index is 952. The van der Waals surface area contributed by atoms with Gasteiger partial charge >= 0.3 is 0 Å². The second-order valence-electron chi connectivity index (χ2n) is 5.60. The molecule has 3 rings (SSSR count). The molecule has 0 aliphatic heterocycles. The average molecular weight is 354 g/mol. The number of amides is 1. The van der Waals surface area contributed by atoms with Crippen molar-refractivity contribution in [3.8, 4) is 27.6 Å². The smallest absolute Gasteiger partial charge is 0.269 e. The molecule has 7 heteroatoms. The molecule has 6 nitrogen and oxygen atoms in total. The number of nitrogens with zero attached hydrogens (tertiary/aromatic N) is 2. The van der Waals surface area contributed by atoms with E-state index in [1.54, 1.807) is 13.3 Å². The summed E-state index contributed by atoms with van der Waals surface area (Å²) in [6.45, 7) is 3.93. The van der Waals surface area contributed by atoms with Crippen molar-refractivity contribution >= 4 is 22.9 Å². The summed E-state index contributed by atoms with van der Waals surface area (Å²) < 4.78 is 5.42. The topological polar surface area (TPSA) is 104 Å². The highest BCUT2D eigenvalue weighted by Gasteiger charge is 2.20. The van der Waals surface area contributed by atoms with E-state index >= 15 is 0 Å². The summed E-state index contributed by atoms with van der Waals surface area (Å²) in [5, 5.41) is 2.54. The number of aromatic nitrogens is 2. The first-order chi connectivity index (χ1) is 11.9. The van der Waals surface area contributed by atoms with Gasteiger partial charge in [0.2, 0.25) is 0 Å². The minimum absolute atomic E-state index is 0.0457. The molecule has 25 heavy (non-hydrogen) atoms. The molecular weight excluding hydrogens is 336 g/mol. The van der Waals surface area contributed by atoms with Crippen molar-refractivity contribution in [3.63, 3.8) is 0 Å². The second-order valence-corrected chi connectivity index (χ2v) is 6.50. The van der Waals surface area contributed by atoms with Crippen molar-refractivity contribution in [3.05, 3.63) is 46.6 Å². The van der Waals surface area contributed by atoms with Crippen molar-refractivity contribution in [2.75, 3.05) is 12.8 Å². The number of primary amides is 1. The van der Waals surface area contributed by atoms with Gasteiger partial charge in [0.1, 0.15) is 16.5 Å². The van der Waals surface area contributed by atoms with Gasteiger partial charge in [0.25, 0.3) is 5.91 Å². The van der Waals surface area contributed by atoms with Crippen LogP contribution in [0.5, 0.6) is 5.75 Å². The van der Waals surface area contributed by atoms with Crippen LogP contribution in [0.4, 0.5) is 5.69 Å². The zero-order valence-electron chi connectivity index (χ0n) is 14.2. The minimum Gasteiger partial charge on any atom is -0.496 e. The number of carbonyl (C=O) groups excluding carboxylic acids is 1. The van der Waals surface area contributed by atoms with Crippen molar-refractivity contribution in [1.29, 1.82) is 0 Å². The molecular formula is C18H18N4O2S. The number of hydrogen-bond donors (Lipinski definition) is 2. The van der Waals surface area contributed by atoms with E-state index in [0.717, 1.165) is 22.4 Å². The lowest BCUT2D eigenvalue weighted by atomic mass is 9.93. The minimum atomic E-state index is -0.671. The zero-order valence-corrected chi connectivity index (χ0v) is 15.0. The number of hydrogen-bond acceptors (Lipinski definition) is 6. The number of rotatable bonds is 4. The first-order valence-electron chi connectivity index (χ1n) is 7.58. The number of carbonyl (C=O) groups is 1. The Hall–Kier alpha value is -2.93. The van der Waals surface area contributed by atoms with E-state index in [-0.39, 0.29) is 11.4 Å². The van der Waals surface area contributed by atoms with E-state index < -0.39 is 5.91 Å². The summed E-state index contributed by atoms with van der Waals surface area (Å²) in [5.74, 6) is 0.0728. The van der Waals surface area contributed by atoms with Gasteiger partial charge in [-0.3, -0.25) is 4.79 Å². The Morgan fingerprint density at radius 2 is 2.04 bits per heavy atom. The first kappa shape index (κ1) is 16.9. The van der Waals surface area contributed by atoms with Crippen LogP contribution in [0.25, 0.3) is 21.8 Å². The molecule has 128 valence electrons. The molecule has 1 aromatic carbocycles. The molecule has 0 fully saturated rings. The lowest BCUT2D eigenvalue weighted by Gasteiger charge is -2.17. The van der Waals surface area contributed by atoms with Gasteiger partial charge in [-0.1, -0.05) is 6.07 Å². The molecule has 3 aromatic rings. The van der Waals surface area contributed by atoms with Crippen LogP contribution in [0.15, 0.2) is 29.8 Å². The fourth-order valence-electron chi connectivity index (χ4n) is 2.87. The third kappa shape index (κ3) is 2.94. The third-order valence-corrected chi connectivity index (χ3v) is 4.85. The predicted octanol–water partition coefficient (Wildman–Crippen LogP) is 3.18. The van der Waals surface area contributed by atoms with Crippen LogP contribution in [0.3, 0.4) is 0 Å². The van der Waals surface area contributed by atoms with Crippen LogP contribution in [0, 0.1) is 13.8 Å². The van der Waals surface area contributed by atoms with Gasteiger partial charge in [-0.05, 0) is 42.7 Å². The molecule has 0 aliphatic rings. The maximum Gasteiger partial charge on any atom is 0.269 e. The van der Waals surface area contributed by atoms with Crippen LogP contribution in [0.1, 0.15) is 21.6 Å². The van der Waals surface area contributed by atoms with Gasteiger partial charge in [-0.15, -0.1) is 11.3 Å². The Kier molecular flexibility index (Phi) is 4.41. The number of thiazole rings is 1. The lowest BCUT2D eigenvalue weighted by Crippen LogP contribution is -2.17. The highest BCUT2D eigenvalue weighted by molar-refractivity contribution is 7.13. The SMILES string of the molecule is COc1ccc(C)c(-c2cc(-c3nccs3)nc(C(N)=O)c2N)c1C. The fraction of sp³-hybridized carbons (Fsp3) is 0.167. The van der Waals surface area contributed by atoms with Gasteiger partial charge in [-0.25, -0.2) is 9.97 Å². The van der Waals surface area contributed by atoms with Crippen molar-refractivity contribution < 1.29 is 9.53 Å². The molecule has 0 saturated heterocycles. The largest absolute Gasteiger partial charge is 0.496 e. The maximum absolute atomic E-state index is 11.9. The van der Waals surface area contributed by atoms with Crippen molar-refractivity contribution in [2.45, 2.75) is 13.8 Å². The zero-order chi connectivity index (χ0) is 18.1. The number of pyridine rings is 1. The third-order valence-electron chi connectivity index (χ3n) is 4.06. The Balaban J connectivity index is 2.35. The van der Waals surface area contributed by atoms with Crippen LogP contribution in [0.2, 0.25) is 0 Å². The molecule has 0 aliphatic carbocycles. The summed E-state index contributed by atoms with van der Waals surface area (Å²) in [7, 11) is 1.62. The summed E-state index contributed by atoms with van der Waals surface area (Å²) >= 11 is 1.43. The van der Waals surface area contributed by atoms with Crippen LogP contribution < -0.4 is 16.2 Å². The summed E-state index contributed by atoms with van der Waals surface area (Å²) in [6, 6.07) is 5.70. The van der Waals surface area contributed by atoms with Crippen molar-refractivity contribution in [2.24, 2.45) is 5.73 Å². The maximum atomic E-state index is 11.9. The molecule has 2 aromatic heterocycles. The van der Waals surface area contributed by atoms with E-state index in [9.17, 15) is 4.79 Å². The van der Waals surface area contributed by atoms with Crippen LogP contribution >= 0.6 is 11.3 Å². The molecule has 0 saturated carbocycles. The number of anilines is 1. The highest BCUT2D eigenvalue weighted by atomic mass is 32.1. The molecule has 0 unspecified atom stereocenters. The molecule has 0 atom stereocenters. The summed E-state index contributed by atoms with van der Waals surface area (Å²) in [6.07, 6.45) is 1.68. The first-order valence-corrected chi connectivity index (χ1v) is 8.46. The van der Waals surface area contributed by atoms with Gasteiger partial charge < -0.3 is 16.2 Å². The van der Waals surface area contributed by atoms with E-state index in [1.807, 2.05) is 37.4 Å². The van der Waals surface area contributed by atoms with E-state index in [2.05, 4.69) is 9.97 Å². The predicted molar refractivity (Wildman–Crippen MR) is 99.7 cm³/mol. The molecule has 0 radical (unpaired) electrons. The monoisotopic (exact) mass is 354 g/mol. The van der Waals surface area contributed by atoms with Gasteiger partial charge in [-0.2, -0.15) is 0 Å². The van der Waals surface area contributed by atoms with E-state index in [4.69, 9.17) is 16.2 Å². The number of nitrogens with two attached hydrogens (primary N) is 2. The molecule has 2 heterocycles. The number of nitrogen functional groups attached to an aromatic ring is 1. The van der Waals surface area contributed by atoms with Gasteiger partial charge in [0.05, 0.1) is 12.8 Å². The molecule has 0 spiro atoms. The Morgan fingerprint density at radius 3 is 2.64 bits per heavy atom. The van der Waals surface area contributed by atoms with Gasteiger partial charge in [0.15, 0.2) is 5.69 Å². The Morgan fingerprint density at radius 1 is 1.28 bits per heavy atom. The average Bonchev–Trinajstić information content (AvgIpc) is 3.10. The number of methoxy groups -OCH3 is 1. The molecule has 0 bridgehead atoms. The van der Waals surface area contributed by atoms with Gasteiger partial charge in [0, 0.05) is 17.1 Å². The number of aryl methyl sites for hydroxylation is 1. The number of ether oxygens (including phenoxy) is 1. The standard InChI is InChI=1S/C18H18N4O2S/c1-9-4-5-13(24-3)10(2)14(9)11-8-12(18-21-6-7-25-18)22-16(15(11)19)17(20)23/h4-8H,19H2,1-3H3,(H2,20,23). The normalized spacial score (nSPS) is 10.7. The van der Waals surface area contributed by atoms with Crippen molar-refractivity contribution in [1.82, 2.24) is 9.97 Å². The summed E-state index contributed by atoms with van der Waals surface area (Å²) in [4.78, 5) is 20.4. The second kappa shape index (κ2) is 6.52. The Labute approximate surface area is 149 Å². The molecule has 1 amide bonds. The quantitative estimate of drug-likeness (QED) is 0.749. The van der Waals surface area contributed by atoms with E-state index in [1.165, 1.54) is 11.3 Å². The fourth-order valence-corrected chi connectivity index (χ4v) is 3.47. The lowest BCUT2D eigenvalue weighted by molar-refractivity contribution is 0.0996. The van der Waals surface area contributed by atoms with Crippen LogP contribution in [-0.2, 0) is 0 Å². The number of benzene rings is 1. The van der Waals surface area contributed by atoms with Crippen LogP contribution in [-0.4, -0.2) is 23.0 Å².